The molecule has 2 aromatic heterocycles. The Kier molecular flexibility index (Phi) is 4.17. The van der Waals surface area contributed by atoms with Crippen LogP contribution in [0.1, 0.15) is 12.8 Å². The van der Waals surface area contributed by atoms with Gasteiger partial charge in [0.1, 0.15) is 0 Å². The Morgan fingerprint density at radius 2 is 1.96 bits per heavy atom. The maximum atomic E-state index is 5.24. The van der Waals surface area contributed by atoms with Crippen molar-refractivity contribution in [1.29, 1.82) is 0 Å². The van der Waals surface area contributed by atoms with E-state index in [1.54, 1.807) is 7.11 Å². The van der Waals surface area contributed by atoms with E-state index in [1.165, 1.54) is 23.7 Å². The van der Waals surface area contributed by atoms with Crippen molar-refractivity contribution in [1.82, 2.24) is 14.5 Å². The maximum absolute atomic E-state index is 5.24. The molecule has 0 saturated carbocycles. The van der Waals surface area contributed by atoms with Gasteiger partial charge in [-0.1, -0.05) is 18.2 Å². The third kappa shape index (κ3) is 2.76. The molecule has 0 unspecified atom stereocenters. The molecular formula is C19H22N4O. The molecule has 1 aliphatic heterocycles. The molecule has 0 amide bonds. The molecule has 1 saturated heterocycles. The summed E-state index contributed by atoms with van der Waals surface area (Å²) < 4.78 is 7.49. The molecular weight excluding hydrogens is 300 g/mol. The maximum Gasteiger partial charge on any atom is 0.225 e. The van der Waals surface area contributed by atoms with E-state index in [9.17, 15) is 0 Å². The number of anilines is 1. The van der Waals surface area contributed by atoms with Crippen LogP contribution < -0.4 is 4.90 Å². The summed E-state index contributed by atoms with van der Waals surface area (Å²) in [5, 5.41) is 1.22. The SMILES string of the molecule is COCCn1cc(-c2ccnc(N3CCCC3)n2)c2ccccc21. The van der Waals surface area contributed by atoms with Gasteiger partial charge >= 0.3 is 0 Å². The zero-order chi connectivity index (χ0) is 16.4. The van der Waals surface area contributed by atoms with Gasteiger partial charge in [0.2, 0.25) is 5.95 Å². The lowest BCUT2D eigenvalue weighted by molar-refractivity contribution is 0.188. The van der Waals surface area contributed by atoms with E-state index in [1.807, 2.05) is 12.3 Å². The first-order valence-corrected chi connectivity index (χ1v) is 8.52. The molecule has 3 heterocycles. The fourth-order valence-corrected chi connectivity index (χ4v) is 3.39. The van der Waals surface area contributed by atoms with Crippen molar-refractivity contribution >= 4 is 16.9 Å². The molecule has 0 N–H and O–H groups in total. The van der Waals surface area contributed by atoms with Crippen LogP contribution in [0.4, 0.5) is 5.95 Å². The summed E-state index contributed by atoms with van der Waals surface area (Å²) in [7, 11) is 1.74. The van der Waals surface area contributed by atoms with Crippen molar-refractivity contribution in [2.45, 2.75) is 19.4 Å². The van der Waals surface area contributed by atoms with E-state index in [0.29, 0.717) is 6.61 Å². The molecule has 1 aromatic carbocycles. The highest BCUT2D eigenvalue weighted by atomic mass is 16.5. The van der Waals surface area contributed by atoms with E-state index in [0.717, 1.165) is 36.8 Å². The predicted molar refractivity (Wildman–Crippen MR) is 96.3 cm³/mol. The van der Waals surface area contributed by atoms with Gasteiger partial charge < -0.3 is 14.2 Å². The Morgan fingerprint density at radius 1 is 1.12 bits per heavy atom. The van der Waals surface area contributed by atoms with E-state index < -0.39 is 0 Å². The molecule has 0 atom stereocenters. The monoisotopic (exact) mass is 322 g/mol. The van der Waals surface area contributed by atoms with Gasteiger partial charge in [-0.05, 0) is 25.0 Å². The van der Waals surface area contributed by atoms with Gasteiger partial charge in [0.05, 0.1) is 12.3 Å². The van der Waals surface area contributed by atoms with Crippen molar-refractivity contribution in [2.75, 3.05) is 31.7 Å². The lowest BCUT2D eigenvalue weighted by atomic mass is 10.1. The molecule has 0 spiro atoms. The summed E-state index contributed by atoms with van der Waals surface area (Å²) >= 11 is 0. The van der Waals surface area contributed by atoms with Crippen LogP contribution >= 0.6 is 0 Å². The number of methoxy groups -OCH3 is 1. The number of benzene rings is 1. The average molecular weight is 322 g/mol. The van der Waals surface area contributed by atoms with Crippen LogP contribution in [0.3, 0.4) is 0 Å². The largest absolute Gasteiger partial charge is 0.383 e. The van der Waals surface area contributed by atoms with Crippen LogP contribution in [-0.2, 0) is 11.3 Å². The predicted octanol–water partition coefficient (Wildman–Crippen LogP) is 3.34. The van der Waals surface area contributed by atoms with Crippen molar-refractivity contribution in [3.8, 4) is 11.3 Å². The first-order chi connectivity index (χ1) is 11.9. The third-order valence-corrected chi connectivity index (χ3v) is 4.63. The normalized spacial score (nSPS) is 14.6. The molecule has 24 heavy (non-hydrogen) atoms. The van der Waals surface area contributed by atoms with Gasteiger partial charge in [-0.2, -0.15) is 0 Å². The molecule has 0 radical (unpaired) electrons. The first kappa shape index (κ1) is 15.1. The number of rotatable bonds is 5. The second kappa shape index (κ2) is 6.61. The highest BCUT2D eigenvalue weighted by Gasteiger charge is 2.17. The van der Waals surface area contributed by atoms with Crippen LogP contribution in [0.25, 0.3) is 22.2 Å². The topological polar surface area (TPSA) is 43.2 Å². The van der Waals surface area contributed by atoms with E-state index in [4.69, 9.17) is 9.72 Å². The molecule has 1 fully saturated rings. The summed E-state index contributed by atoms with van der Waals surface area (Å²) in [4.78, 5) is 11.6. The smallest absolute Gasteiger partial charge is 0.225 e. The summed E-state index contributed by atoms with van der Waals surface area (Å²) in [6, 6.07) is 10.5. The Balaban J connectivity index is 1.77. The minimum atomic E-state index is 0.695. The Labute approximate surface area is 141 Å². The van der Waals surface area contributed by atoms with Gasteiger partial charge in [-0.15, -0.1) is 0 Å². The molecule has 0 aliphatic carbocycles. The molecule has 3 aromatic rings. The third-order valence-electron chi connectivity index (χ3n) is 4.63. The Hall–Kier alpha value is -2.40. The highest BCUT2D eigenvalue weighted by Crippen LogP contribution is 2.30. The van der Waals surface area contributed by atoms with Gasteiger partial charge in [-0.25, -0.2) is 9.97 Å². The molecule has 0 bridgehead atoms. The zero-order valence-corrected chi connectivity index (χ0v) is 14.0. The number of ether oxygens (including phenoxy) is 1. The summed E-state index contributed by atoms with van der Waals surface area (Å²) in [6.07, 6.45) is 6.50. The number of hydrogen-bond donors (Lipinski definition) is 0. The second-order valence-corrected chi connectivity index (χ2v) is 6.18. The van der Waals surface area contributed by atoms with Gasteiger partial charge in [0, 0.05) is 55.6 Å². The van der Waals surface area contributed by atoms with Gasteiger partial charge in [0.15, 0.2) is 0 Å². The van der Waals surface area contributed by atoms with E-state index in [-0.39, 0.29) is 0 Å². The first-order valence-electron chi connectivity index (χ1n) is 8.52. The van der Waals surface area contributed by atoms with Gasteiger partial charge in [0.25, 0.3) is 0 Å². The van der Waals surface area contributed by atoms with Crippen molar-refractivity contribution < 1.29 is 4.74 Å². The fourth-order valence-electron chi connectivity index (χ4n) is 3.39. The minimum absolute atomic E-state index is 0.695. The van der Waals surface area contributed by atoms with Crippen LogP contribution in [0.2, 0.25) is 0 Å². The van der Waals surface area contributed by atoms with E-state index in [2.05, 4.69) is 44.9 Å². The number of fused-ring (bicyclic) bond motifs is 1. The Morgan fingerprint density at radius 3 is 2.79 bits per heavy atom. The standard InChI is InChI=1S/C19H22N4O/c1-24-13-12-23-14-16(15-6-2-3-7-18(15)23)17-8-9-20-19(21-17)22-10-4-5-11-22/h2-3,6-9,14H,4-5,10-13H2,1H3. The van der Waals surface area contributed by atoms with E-state index >= 15 is 0 Å². The quantitative estimate of drug-likeness (QED) is 0.722. The van der Waals surface area contributed by atoms with Crippen LogP contribution in [0.15, 0.2) is 42.7 Å². The second-order valence-electron chi connectivity index (χ2n) is 6.18. The summed E-state index contributed by atoms with van der Waals surface area (Å²) in [5.41, 5.74) is 3.36. The molecule has 4 rings (SSSR count). The molecule has 124 valence electrons. The van der Waals surface area contributed by atoms with Crippen LogP contribution in [0.5, 0.6) is 0 Å². The lowest BCUT2D eigenvalue weighted by Crippen LogP contribution is -2.20. The van der Waals surface area contributed by atoms with Crippen LogP contribution in [-0.4, -0.2) is 41.3 Å². The average Bonchev–Trinajstić information content (AvgIpc) is 3.28. The fraction of sp³-hybridized carbons (Fsp3) is 0.368. The number of nitrogens with zero attached hydrogens (tertiary/aromatic N) is 4. The number of aromatic nitrogens is 3. The molecule has 5 nitrogen and oxygen atoms in total. The lowest BCUT2D eigenvalue weighted by Gasteiger charge is -2.15. The number of hydrogen-bond acceptors (Lipinski definition) is 4. The summed E-state index contributed by atoms with van der Waals surface area (Å²) in [5.74, 6) is 0.846. The molecule has 1 aliphatic rings. The minimum Gasteiger partial charge on any atom is -0.383 e. The van der Waals surface area contributed by atoms with Crippen molar-refractivity contribution in [3.63, 3.8) is 0 Å². The van der Waals surface area contributed by atoms with Crippen molar-refractivity contribution in [3.05, 3.63) is 42.7 Å². The Bertz CT molecular complexity index is 836. The molecule has 5 heteroatoms. The zero-order valence-electron chi connectivity index (χ0n) is 14.0. The van der Waals surface area contributed by atoms with Crippen molar-refractivity contribution in [2.24, 2.45) is 0 Å². The van der Waals surface area contributed by atoms with Crippen LogP contribution in [0, 0.1) is 0 Å². The van der Waals surface area contributed by atoms with Gasteiger partial charge in [-0.3, -0.25) is 0 Å². The highest BCUT2D eigenvalue weighted by molar-refractivity contribution is 5.95. The number of para-hydroxylation sites is 1. The summed E-state index contributed by atoms with van der Waals surface area (Å²) in [6.45, 7) is 3.64.